The Bertz CT molecular complexity index is 779. The molecule has 0 aliphatic carbocycles. The molecule has 0 aliphatic rings. The van der Waals surface area contributed by atoms with Gasteiger partial charge < -0.3 is 5.32 Å². The summed E-state index contributed by atoms with van der Waals surface area (Å²) >= 11 is 1.69. The first-order valence-electron chi connectivity index (χ1n) is 7.11. The summed E-state index contributed by atoms with van der Waals surface area (Å²) in [6.45, 7) is 7.14. The molecule has 0 saturated heterocycles. The minimum absolute atomic E-state index is 0.736. The van der Waals surface area contributed by atoms with Crippen LogP contribution in [0.15, 0.2) is 23.7 Å². The van der Waals surface area contributed by atoms with Gasteiger partial charge in [-0.2, -0.15) is 0 Å². The van der Waals surface area contributed by atoms with Gasteiger partial charge in [0.1, 0.15) is 5.82 Å². The largest absolute Gasteiger partial charge is 0.370 e. The average molecular weight is 298 g/mol. The number of aromatic nitrogens is 3. The van der Waals surface area contributed by atoms with Gasteiger partial charge in [0.15, 0.2) is 5.82 Å². The molecule has 4 nitrogen and oxygen atoms in total. The van der Waals surface area contributed by atoms with Crippen LogP contribution < -0.4 is 5.32 Å². The number of nitrogens with zero attached hydrogens (tertiary/aromatic N) is 3. The lowest BCUT2D eigenvalue weighted by Crippen LogP contribution is -2.07. The van der Waals surface area contributed by atoms with E-state index in [4.69, 9.17) is 0 Å². The van der Waals surface area contributed by atoms with Crippen LogP contribution >= 0.6 is 11.3 Å². The molecule has 1 N–H and O–H groups in total. The van der Waals surface area contributed by atoms with Crippen molar-refractivity contribution in [3.8, 4) is 11.4 Å². The predicted octanol–water partition coefficient (Wildman–Crippen LogP) is 4.19. The molecule has 0 fully saturated rings. The minimum atomic E-state index is 0.736. The molecule has 0 aliphatic heterocycles. The van der Waals surface area contributed by atoms with Crippen molar-refractivity contribution in [3.63, 3.8) is 0 Å². The lowest BCUT2D eigenvalue weighted by molar-refractivity contribution is 0.954. The molecule has 3 aromatic heterocycles. The third-order valence-electron chi connectivity index (χ3n) is 3.49. The van der Waals surface area contributed by atoms with Gasteiger partial charge in [-0.15, -0.1) is 11.3 Å². The van der Waals surface area contributed by atoms with Gasteiger partial charge >= 0.3 is 0 Å². The van der Waals surface area contributed by atoms with Crippen molar-refractivity contribution in [1.82, 2.24) is 15.0 Å². The van der Waals surface area contributed by atoms with Crippen molar-refractivity contribution in [2.24, 2.45) is 0 Å². The summed E-state index contributed by atoms with van der Waals surface area (Å²) in [5.74, 6) is 1.66. The molecule has 21 heavy (non-hydrogen) atoms. The van der Waals surface area contributed by atoms with Crippen LogP contribution in [0.5, 0.6) is 0 Å². The molecule has 3 heterocycles. The van der Waals surface area contributed by atoms with Crippen LogP contribution in [0.4, 0.5) is 5.82 Å². The first-order valence-corrected chi connectivity index (χ1v) is 7.99. The Morgan fingerprint density at radius 2 is 2.10 bits per heavy atom. The summed E-state index contributed by atoms with van der Waals surface area (Å²) in [7, 11) is 0. The highest BCUT2D eigenvalue weighted by Gasteiger charge is 2.10. The number of rotatable bonds is 4. The van der Waals surface area contributed by atoms with E-state index >= 15 is 0 Å². The first kappa shape index (κ1) is 13.9. The van der Waals surface area contributed by atoms with Crippen molar-refractivity contribution < 1.29 is 0 Å². The highest BCUT2D eigenvalue weighted by Crippen LogP contribution is 2.26. The van der Waals surface area contributed by atoms with Gasteiger partial charge in [0.05, 0.1) is 10.2 Å². The van der Waals surface area contributed by atoms with Gasteiger partial charge in [-0.05, 0) is 37.8 Å². The van der Waals surface area contributed by atoms with Crippen LogP contribution in [-0.4, -0.2) is 21.5 Å². The predicted molar refractivity (Wildman–Crippen MR) is 88.9 cm³/mol. The topological polar surface area (TPSA) is 50.7 Å². The van der Waals surface area contributed by atoms with E-state index in [1.54, 1.807) is 11.3 Å². The van der Waals surface area contributed by atoms with Gasteiger partial charge in [0.25, 0.3) is 0 Å². The van der Waals surface area contributed by atoms with Crippen molar-refractivity contribution in [3.05, 3.63) is 35.0 Å². The fraction of sp³-hybridized carbons (Fsp3) is 0.312. The second kappa shape index (κ2) is 5.77. The van der Waals surface area contributed by atoms with Crippen LogP contribution in [0.25, 0.3) is 21.6 Å². The smallest absolute Gasteiger partial charge is 0.163 e. The fourth-order valence-corrected chi connectivity index (χ4v) is 2.92. The number of thiophene rings is 1. The van der Waals surface area contributed by atoms with Crippen LogP contribution in [0, 0.1) is 13.8 Å². The summed E-state index contributed by atoms with van der Waals surface area (Å²) in [6, 6.07) is 4.14. The quantitative estimate of drug-likeness (QED) is 0.784. The van der Waals surface area contributed by atoms with Crippen molar-refractivity contribution in [2.75, 3.05) is 11.9 Å². The van der Waals surface area contributed by atoms with Crippen LogP contribution in [0.2, 0.25) is 0 Å². The molecule has 5 heteroatoms. The maximum Gasteiger partial charge on any atom is 0.163 e. The Hall–Kier alpha value is -2.01. The molecule has 0 bridgehead atoms. The number of anilines is 1. The van der Waals surface area contributed by atoms with E-state index in [2.05, 4.69) is 45.6 Å². The van der Waals surface area contributed by atoms with E-state index in [1.807, 2.05) is 19.2 Å². The Morgan fingerprint density at radius 3 is 2.90 bits per heavy atom. The molecule has 0 saturated carbocycles. The number of aryl methyl sites for hydroxylation is 1. The molecule has 108 valence electrons. The van der Waals surface area contributed by atoms with E-state index in [1.165, 1.54) is 0 Å². The molecular formula is C16H18N4S. The Morgan fingerprint density at radius 1 is 1.24 bits per heavy atom. The van der Waals surface area contributed by atoms with Gasteiger partial charge in [0.2, 0.25) is 0 Å². The molecule has 0 unspecified atom stereocenters. The molecule has 0 amide bonds. The number of pyridine rings is 1. The number of nitrogens with one attached hydrogen (secondary N) is 1. The third kappa shape index (κ3) is 2.74. The van der Waals surface area contributed by atoms with Crippen molar-refractivity contribution in [2.45, 2.75) is 27.2 Å². The Kier molecular flexibility index (Phi) is 3.84. The third-order valence-corrected chi connectivity index (χ3v) is 4.35. The number of fused-ring (bicyclic) bond motifs is 1. The minimum Gasteiger partial charge on any atom is -0.370 e. The molecule has 0 aromatic carbocycles. The number of hydrogen-bond donors (Lipinski definition) is 1. The average Bonchev–Trinajstić information content (AvgIpc) is 2.96. The van der Waals surface area contributed by atoms with E-state index in [-0.39, 0.29) is 0 Å². The van der Waals surface area contributed by atoms with E-state index in [0.717, 1.165) is 51.6 Å². The Labute approximate surface area is 128 Å². The molecule has 3 rings (SSSR count). The second-order valence-corrected chi connectivity index (χ2v) is 6.01. The van der Waals surface area contributed by atoms with Crippen molar-refractivity contribution in [1.29, 1.82) is 0 Å². The monoisotopic (exact) mass is 298 g/mol. The van der Waals surface area contributed by atoms with Gasteiger partial charge in [-0.1, -0.05) is 6.92 Å². The summed E-state index contributed by atoms with van der Waals surface area (Å²) in [6.07, 6.45) is 2.92. The zero-order valence-electron chi connectivity index (χ0n) is 12.5. The zero-order chi connectivity index (χ0) is 14.8. The summed E-state index contributed by atoms with van der Waals surface area (Å²) < 4.78 is 1.16. The molecule has 0 radical (unpaired) electrons. The zero-order valence-corrected chi connectivity index (χ0v) is 13.3. The molecule has 0 atom stereocenters. The van der Waals surface area contributed by atoms with Gasteiger partial charge in [-0.25, -0.2) is 9.97 Å². The first-order chi connectivity index (χ1) is 10.2. The van der Waals surface area contributed by atoms with Gasteiger partial charge in [0, 0.05) is 29.6 Å². The summed E-state index contributed by atoms with van der Waals surface area (Å²) in [5.41, 5.74) is 4.10. The SMILES string of the molecule is CCCNc1nc(-c2cnc3ccsc3c2)nc(C)c1C. The maximum absolute atomic E-state index is 4.67. The molecule has 0 spiro atoms. The number of hydrogen-bond acceptors (Lipinski definition) is 5. The van der Waals surface area contributed by atoms with Crippen LogP contribution in [0.3, 0.4) is 0 Å². The summed E-state index contributed by atoms with van der Waals surface area (Å²) in [4.78, 5) is 13.8. The van der Waals surface area contributed by atoms with Crippen molar-refractivity contribution >= 4 is 27.4 Å². The van der Waals surface area contributed by atoms with E-state index in [0.29, 0.717) is 0 Å². The lowest BCUT2D eigenvalue weighted by Gasteiger charge is -2.11. The lowest BCUT2D eigenvalue weighted by atomic mass is 10.2. The summed E-state index contributed by atoms with van der Waals surface area (Å²) in [5, 5.41) is 5.43. The Balaban J connectivity index is 2.06. The standard InChI is InChI=1S/C16H18N4S/c1-4-6-17-15-10(2)11(3)19-16(20-15)12-8-14-13(18-9-12)5-7-21-14/h5,7-9H,4,6H2,1-3H3,(H,17,19,20). The normalized spacial score (nSPS) is 11.0. The molecular weight excluding hydrogens is 280 g/mol. The maximum atomic E-state index is 4.67. The second-order valence-electron chi connectivity index (χ2n) is 5.06. The molecule has 3 aromatic rings. The van der Waals surface area contributed by atoms with Crippen LogP contribution in [0.1, 0.15) is 24.6 Å². The van der Waals surface area contributed by atoms with E-state index < -0.39 is 0 Å². The van der Waals surface area contributed by atoms with Crippen LogP contribution in [-0.2, 0) is 0 Å². The highest BCUT2D eigenvalue weighted by atomic mass is 32.1. The fourth-order valence-electron chi connectivity index (χ4n) is 2.14. The van der Waals surface area contributed by atoms with E-state index in [9.17, 15) is 0 Å². The highest BCUT2D eigenvalue weighted by molar-refractivity contribution is 7.17. The van der Waals surface area contributed by atoms with Gasteiger partial charge in [-0.3, -0.25) is 4.98 Å².